The molecule has 0 N–H and O–H groups in total. The molecule has 1 unspecified atom stereocenters. The molecule has 1 aliphatic rings. The van der Waals surface area contributed by atoms with Crippen molar-refractivity contribution in [2.24, 2.45) is 0 Å². The maximum Gasteiger partial charge on any atom is 0.215 e. The number of hydrogen-bond acceptors (Lipinski definition) is 3. The van der Waals surface area contributed by atoms with Gasteiger partial charge < -0.3 is 9.15 Å². The van der Waals surface area contributed by atoms with E-state index in [2.05, 4.69) is 0 Å². The van der Waals surface area contributed by atoms with Crippen LogP contribution < -0.4 is 4.74 Å². The van der Waals surface area contributed by atoms with Crippen LogP contribution in [-0.4, -0.2) is 5.78 Å². The van der Waals surface area contributed by atoms with Crippen LogP contribution in [0.1, 0.15) is 22.0 Å². The van der Waals surface area contributed by atoms with Gasteiger partial charge in [0.15, 0.2) is 17.6 Å². The molecule has 5 rings (SSSR count). The Balaban J connectivity index is 1.68. The fourth-order valence-corrected chi connectivity index (χ4v) is 3.61. The van der Waals surface area contributed by atoms with Gasteiger partial charge in [0, 0.05) is 21.7 Å². The highest BCUT2D eigenvalue weighted by Gasteiger charge is 2.41. The lowest BCUT2D eigenvalue weighted by atomic mass is 9.99. The van der Waals surface area contributed by atoms with Crippen LogP contribution in [0, 0.1) is 0 Å². The van der Waals surface area contributed by atoms with Crippen molar-refractivity contribution in [3.8, 4) is 28.4 Å². The van der Waals surface area contributed by atoms with Crippen LogP contribution in [0.3, 0.4) is 0 Å². The molecule has 1 atom stereocenters. The Morgan fingerprint density at radius 3 is 1.89 bits per heavy atom. The molecule has 0 saturated heterocycles. The van der Waals surface area contributed by atoms with Gasteiger partial charge >= 0.3 is 0 Å². The van der Waals surface area contributed by atoms with Crippen LogP contribution in [0.5, 0.6) is 5.75 Å². The molecule has 0 bridgehead atoms. The van der Waals surface area contributed by atoms with Gasteiger partial charge in [-0.2, -0.15) is 0 Å². The smallest absolute Gasteiger partial charge is 0.215 e. The van der Waals surface area contributed by atoms with Crippen molar-refractivity contribution in [2.75, 3.05) is 0 Å². The molecule has 0 aliphatic carbocycles. The molecule has 2 heterocycles. The molecular formula is C24H15ClO3. The van der Waals surface area contributed by atoms with E-state index in [-0.39, 0.29) is 5.78 Å². The average molecular weight is 387 g/mol. The third kappa shape index (κ3) is 2.72. The fourth-order valence-electron chi connectivity index (χ4n) is 3.48. The zero-order valence-electron chi connectivity index (χ0n) is 14.8. The summed E-state index contributed by atoms with van der Waals surface area (Å²) in [6.45, 7) is 0. The number of rotatable bonds is 3. The Morgan fingerprint density at radius 2 is 1.29 bits per heavy atom. The number of ether oxygens (including phenoxy) is 1. The van der Waals surface area contributed by atoms with E-state index >= 15 is 0 Å². The van der Waals surface area contributed by atoms with Crippen LogP contribution in [0.25, 0.3) is 22.6 Å². The number of furan rings is 1. The normalized spacial score (nSPS) is 15.3. The number of hydrogen-bond donors (Lipinski definition) is 0. The van der Waals surface area contributed by atoms with E-state index < -0.39 is 6.10 Å². The summed E-state index contributed by atoms with van der Waals surface area (Å²) in [5, 5.41) is 0.617. The summed E-state index contributed by atoms with van der Waals surface area (Å²) in [7, 11) is 0. The van der Waals surface area contributed by atoms with Crippen molar-refractivity contribution < 1.29 is 13.9 Å². The molecule has 28 heavy (non-hydrogen) atoms. The highest BCUT2D eigenvalue weighted by atomic mass is 35.5. The van der Waals surface area contributed by atoms with Gasteiger partial charge in [-0.25, -0.2) is 0 Å². The van der Waals surface area contributed by atoms with Gasteiger partial charge in [0.2, 0.25) is 5.78 Å². The minimum absolute atomic E-state index is 0.109. The van der Waals surface area contributed by atoms with Gasteiger partial charge in [0.05, 0.1) is 0 Å². The number of benzene rings is 3. The van der Waals surface area contributed by atoms with E-state index in [4.69, 9.17) is 20.8 Å². The van der Waals surface area contributed by atoms with Crippen LogP contribution in [-0.2, 0) is 0 Å². The largest absolute Gasteiger partial charge is 0.473 e. The molecule has 1 aromatic heterocycles. The topological polar surface area (TPSA) is 39.4 Å². The Kier molecular flexibility index (Phi) is 4.03. The molecule has 4 aromatic rings. The van der Waals surface area contributed by atoms with Crippen molar-refractivity contribution in [3.05, 3.63) is 101 Å². The van der Waals surface area contributed by atoms with Gasteiger partial charge in [-0.3, -0.25) is 4.79 Å². The van der Waals surface area contributed by atoms with Crippen LogP contribution in [0.4, 0.5) is 0 Å². The molecular weight excluding hydrogens is 372 g/mol. The highest BCUT2D eigenvalue weighted by Crippen LogP contribution is 2.50. The zero-order chi connectivity index (χ0) is 19.1. The van der Waals surface area contributed by atoms with E-state index in [1.54, 1.807) is 12.1 Å². The molecule has 0 fully saturated rings. The Hall–Kier alpha value is -3.30. The third-order valence-electron chi connectivity index (χ3n) is 4.83. The maximum absolute atomic E-state index is 13.3. The van der Waals surface area contributed by atoms with Crippen molar-refractivity contribution in [1.82, 2.24) is 0 Å². The first-order chi connectivity index (χ1) is 13.7. The van der Waals surface area contributed by atoms with Crippen LogP contribution in [0.15, 0.2) is 89.3 Å². The van der Waals surface area contributed by atoms with Crippen molar-refractivity contribution >= 4 is 17.4 Å². The quantitative estimate of drug-likeness (QED) is 0.399. The minimum atomic E-state index is -0.705. The second kappa shape index (κ2) is 6.70. The summed E-state index contributed by atoms with van der Waals surface area (Å²) in [6, 6.07) is 26.5. The first-order valence-corrected chi connectivity index (χ1v) is 9.34. The molecule has 4 heteroatoms. The first-order valence-electron chi connectivity index (χ1n) is 8.96. The van der Waals surface area contributed by atoms with Gasteiger partial charge in [-0.15, -0.1) is 0 Å². The number of ketones is 1. The number of Topliss-reactive ketones (excluding diaryl/α,β-unsaturated/α-hetero) is 1. The van der Waals surface area contributed by atoms with Crippen molar-refractivity contribution in [1.29, 1.82) is 0 Å². The maximum atomic E-state index is 13.3. The van der Waals surface area contributed by atoms with E-state index in [0.717, 1.165) is 16.7 Å². The molecule has 3 aromatic carbocycles. The first kappa shape index (κ1) is 16.8. The SMILES string of the molecule is O=C1c2c(-c3ccccc3)oc(-c3ccccc3)c2OC1c1ccc(Cl)cc1. The van der Waals surface area contributed by atoms with Gasteiger partial charge in [-0.1, -0.05) is 84.4 Å². The van der Waals surface area contributed by atoms with Gasteiger partial charge in [0.25, 0.3) is 0 Å². The molecule has 1 aliphatic heterocycles. The molecule has 0 radical (unpaired) electrons. The standard InChI is InChI=1S/C24H15ClO3/c25-18-13-11-17(12-14-18)22-20(26)19-21(15-7-3-1-4-8-15)27-23(24(19)28-22)16-9-5-2-6-10-16/h1-14,22H. The number of carbonyl (C=O) groups excluding carboxylic acids is 1. The monoisotopic (exact) mass is 386 g/mol. The Bertz CT molecular complexity index is 1150. The minimum Gasteiger partial charge on any atom is -0.473 e. The molecule has 0 spiro atoms. The second-order valence-corrected chi connectivity index (χ2v) is 7.05. The molecule has 136 valence electrons. The summed E-state index contributed by atoms with van der Waals surface area (Å²) in [5.41, 5.74) is 2.97. The fraction of sp³-hybridized carbons (Fsp3) is 0.0417. The predicted molar refractivity (Wildman–Crippen MR) is 109 cm³/mol. The lowest BCUT2D eigenvalue weighted by Gasteiger charge is -2.11. The number of fused-ring (bicyclic) bond motifs is 1. The van der Waals surface area contributed by atoms with E-state index in [0.29, 0.717) is 27.9 Å². The molecule has 3 nitrogen and oxygen atoms in total. The Labute approximate surface area is 167 Å². The van der Waals surface area contributed by atoms with Crippen LogP contribution >= 0.6 is 11.6 Å². The van der Waals surface area contributed by atoms with Crippen molar-refractivity contribution in [3.63, 3.8) is 0 Å². The second-order valence-electron chi connectivity index (χ2n) is 6.61. The molecule has 0 saturated carbocycles. The summed E-state index contributed by atoms with van der Waals surface area (Å²) in [5.74, 6) is 1.49. The lowest BCUT2D eigenvalue weighted by Crippen LogP contribution is -2.11. The summed E-state index contributed by atoms with van der Waals surface area (Å²) in [6.07, 6.45) is -0.705. The summed E-state index contributed by atoms with van der Waals surface area (Å²) in [4.78, 5) is 13.3. The summed E-state index contributed by atoms with van der Waals surface area (Å²) >= 11 is 5.99. The number of halogens is 1. The lowest BCUT2D eigenvalue weighted by molar-refractivity contribution is 0.0854. The van der Waals surface area contributed by atoms with E-state index in [9.17, 15) is 4.79 Å². The third-order valence-corrected chi connectivity index (χ3v) is 5.08. The van der Waals surface area contributed by atoms with Gasteiger partial charge in [0.1, 0.15) is 11.3 Å². The molecule has 0 amide bonds. The average Bonchev–Trinajstić information content (AvgIpc) is 3.28. The summed E-state index contributed by atoms with van der Waals surface area (Å²) < 4.78 is 12.3. The Morgan fingerprint density at radius 1 is 0.714 bits per heavy atom. The van der Waals surface area contributed by atoms with E-state index in [1.165, 1.54) is 0 Å². The van der Waals surface area contributed by atoms with Crippen LogP contribution in [0.2, 0.25) is 5.02 Å². The van der Waals surface area contributed by atoms with Crippen molar-refractivity contribution in [2.45, 2.75) is 6.10 Å². The predicted octanol–water partition coefficient (Wildman–Crippen LogP) is 6.58. The van der Waals surface area contributed by atoms with Gasteiger partial charge in [-0.05, 0) is 12.1 Å². The highest BCUT2D eigenvalue weighted by molar-refractivity contribution is 6.30. The van der Waals surface area contributed by atoms with E-state index in [1.807, 2.05) is 72.8 Å². The zero-order valence-corrected chi connectivity index (χ0v) is 15.5. The number of carbonyl (C=O) groups is 1.